The van der Waals surface area contributed by atoms with Crippen molar-refractivity contribution < 1.29 is 0 Å². The molecular formula is C15H35NP+. The second kappa shape index (κ2) is 10.3. The van der Waals surface area contributed by atoms with Gasteiger partial charge in [-0.15, -0.1) is 0 Å². The van der Waals surface area contributed by atoms with Gasteiger partial charge in [0.15, 0.2) is 0 Å². The fraction of sp³-hybridized carbons (Fsp3) is 1.00. The molecule has 0 saturated heterocycles. The molecule has 0 N–H and O–H groups in total. The largest absolute Gasteiger partial charge is 0.278 e. The van der Waals surface area contributed by atoms with Gasteiger partial charge < -0.3 is 0 Å². The van der Waals surface area contributed by atoms with E-state index in [0.717, 1.165) is 0 Å². The van der Waals surface area contributed by atoms with E-state index in [9.17, 15) is 0 Å². The monoisotopic (exact) mass is 260 g/mol. The topological polar surface area (TPSA) is 3.24 Å². The van der Waals surface area contributed by atoms with E-state index in [1.54, 1.807) is 18.5 Å². The van der Waals surface area contributed by atoms with Gasteiger partial charge in [0.1, 0.15) is 6.29 Å². The predicted octanol–water partition coefficient (Wildman–Crippen LogP) is 4.92. The van der Waals surface area contributed by atoms with Crippen LogP contribution in [0.1, 0.15) is 59.3 Å². The summed E-state index contributed by atoms with van der Waals surface area (Å²) in [5, 5.41) is 0. The van der Waals surface area contributed by atoms with Gasteiger partial charge >= 0.3 is 0 Å². The zero-order valence-corrected chi connectivity index (χ0v) is 13.9. The molecule has 0 spiro atoms. The molecule has 17 heavy (non-hydrogen) atoms. The normalized spacial score (nSPS) is 12.4. The zero-order chi connectivity index (χ0) is 13.1. The molecule has 0 aliphatic carbocycles. The summed E-state index contributed by atoms with van der Waals surface area (Å²) in [5.41, 5.74) is 0. The number of nitrogens with zero attached hydrogens (tertiary/aromatic N) is 1. The van der Waals surface area contributed by atoms with E-state index < -0.39 is 7.26 Å². The molecule has 0 aliphatic rings. The van der Waals surface area contributed by atoms with Crippen molar-refractivity contribution in [3.05, 3.63) is 0 Å². The van der Waals surface area contributed by atoms with Gasteiger partial charge in [-0.3, -0.25) is 4.90 Å². The van der Waals surface area contributed by atoms with E-state index >= 15 is 0 Å². The summed E-state index contributed by atoms with van der Waals surface area (Å²) in [5.74, 6) is 0. The summed E-state index contributed by atoms with van der Waals surface area (Å²) in [4.78, 5) is 2.45. The van der Waals surface area contributed by atoms with Crippen LogP contribution in [0, 0.1) is 0 Å². The molecule has 0 aliphatic heterocycles. The van der Waals surface area contributed by atoms with E-state index in [-0.39, 0.29) is 0 Å². The molecular weight excluding hydrogens is 225 g/mol. The summed E-state index contributed by atoms with van der Waals surface area (Å²) < 4.78 is 0. The van der Waals surface area contributed by atoms with E-state index in [2.05, 4.69) is 39.8 Å². The number of rotatable bonds is 11. The standard InChI is InChI=1S/C15H35NP/c1-6-9-12-17(13-10-7-2,14-11-8-3)15-16(4)5/h6-15H2,1-5H3/q+1. The van der Waals surface area contributed by atoms with Gasteiger partial charge in [-0.25, -0.2) is 0 Å². The minimum Gasteiger partial charge on any atom is -0.278 e. The summed E-state index contributed by atoms with van der Waals surface area (Å²) in [6, 6.07) is 0. The van der Waals surface area contributed by atoms with Crippen molar-refractivity contribution in [2.24, 2.45) is 0 Å². The van der Waals surface area contributed by atoms with Crippen LogP contribution in [0.2, 0.25) is 0 Å². The van der Waals surface area contributed by atoms with E-state index in [1.807, 2.05) is 0 Å². The molecule has 0 unspecified atom stereocenters. The maximum absolute atomic E-state index is 2.45. The van der Waals surface area contributed by atoms with E-state index in [1.165, 1.54) is 44.8 Å². The Labute approximate surface area is 111 Å². The number of hydrogen-bond acceptors (Lipinski definition) is 1. The van der Waals surface area contributed by atoms with Crippen LogP contribution in [0.25, 0.3) is 0 Å². The molecule has 0 heterocycles. The Kier molecular flexibility index (Phi) is 10.6. The molecule has 0 radical (unpaired) electrons. The molecule has 0 rings (SSSR count). The van der Waals surface area contributed by atoms with Crippen LogP contribution in [0.3, 0.4) is 0 Å². The first kappa shape index (κ1) is 17.4. The lowest BCUT2D eigenvalue weighted by molar-refractivity contribution is 0.476. The molecule has 104 valence electrons. The third kappa shape index (κ3) is 8.16. The van der Waals surface area contributed by atoms with Crippen molar-refractivity contribution in [1.82, 2.24) is 4.90 Å². The molecule has 1 nitrogen and oxygen atoms in total. The zero-order valence-electron chi connectivity index (χ0n) is 13.0. The Morgan fingerprint density at radius 1 is 0.706 bits per heavy atom. The molecule has 0 aromatic carbocycles. The minimum atomic E-state index is -0.676. The van der Waals surface area contributed by atoms with Gasteiger partial charge in [0.2, 0.25) is 0 Å². The highest BCUT2D eigenvalue weighted by Gasteiger charge is 2.35. The Morgan fingerprint density at radius 3 is 1.29 bits per heavy atom. The van der Waals surface area contributed by atoms with Gasteiger partial charge in [-0.2, -0.15) is 0 Å². The highest BCUT2D eigenvalue weighted by molar-refractivity contribution is 7.75. The second-order valence-electron chi connectivity index (χ2n) is 5.79. The van der Waals surface area contributed by atoms with Crippen molar-refractivity contribution in [1.29, 1.82) is 0 Å². The SMILES string of the molecule is CCCC[P+](CCCC)(CCCC)CN(C)C. The smallest absolute Gasteiger partial charge is 0.111 e. The lowest BCUT2D eigenvalue weighted by atomic mass is 10.4. The molecule has 0 bridgehead atoms. The average molecular weight is 260 g/mol. The first-order chi connectivity index (χ1) is 8.10. The minimum absolute atomic E-state index is 0.676. The third-order valence-corrected chi connectivity index (χ3v) is 8.50. The molecule has 0 aromatic heterocycles. The first-order valence-electron chi connectivity index (χ1n) is 7.60. The highest BCUT2D eigenvalue weighted by atomic mass is 31.2. The van der Waals surface area contributed by atoms with Crippen LogP contribution in [0.4, 0.5) is 0 Å². The summed E-state index contributed by atoms with van der Waals surface area (Å²) in [7, 11) is 3.85. The van der Waals surface area contributed by atoms with Crippen LogP contribution in [-0.4, -0.2) is 43.8 Å². The summed E-state index contributed by atoms with van der Waals surface area (Å²) >= 11 is 0. The van der Waals surface area contributed by atoms with Gasteiger partial charge in [0, 0.05) is 7.26 Å². The maximum Gasteiger partial charge on any atom is 0.111 e. The van der Waals surface area contributed by atoms with Crippen LogP contribution < -0.4 is 0 Å². The third-order valence-electron chi connectivity index (χ3n) is 3.54. The second-order valence-corrected chi connectivity index (χ2v) is 10.1. The Bertz CT molecular complexity index is 147. The fourth-order valence-electron chi connectivity index (χ4n) is 2.63. The summed E-state index contributed by atoms with van der Waals surface area (Å²) in [6.45, 7) is 7.01. The molecule has 2 heteroatoms. The lowest BCUT2D eigenvalue weighted by Crippen LogP contribution is -2.23. The van der Waals surface area contributed by atoms with Crippen molar-refractivity contribution >= 4 is 7.26 Å². The van der Waals surface area contributed by atoms with Crippen LogP contribution in [0.15, 0.2) is 0 Å². The highest BCUT2D eigenvalue weighted by Crippen LogP contribution is 2.60. The van der Waals surface area contributed by atoms with Crippen molar-refractivity contribution in [3.63, 3.8) is 0 Å². The Morgan fingerprint density at radius 2 is 1.06 bits per heavy atom. The van der Waals surface area contributed by atoms with Gasteiger partial charge in [-0.1, -0.05) is 40.0 Å². The molecule has 0 atom stereocenters. The van der Waals surface area contributed by atoms with Crippen molar-refractivity contribution in [3.8, 4) is 0 Å². The van der Waals surface area contributed by atoms with E-state index in [0.29, 0.717) is 0 Å². The average Bonchev–Trinajstić information content (AvgIpc) is 2.30. The first-order valence-corrected chi connectivity index (χ1v) is 10.1. The van der Waals surface area contributed by atoms with Gasteiger partial charge in [-0.05, 0) is 33.4 Å². The molecule has 0 aromatic rings. The molecule has 0 saturated carbocycles. The molecule has 0 amide bonds. The number of unbranched alkanes of at least 4 members (excludes halogenated alkanes) is 3. The van der Waals surface area contributed by atoms with Gasteiger partial charge in [0.25, 0.3) is 0 Å². The van der Waals surface area contributed by atoms with Crippen molar-refractivity contribution in [2.75, 3.05) is 38.9 Å². The predicted molar refractivity (Wildman–Crippen MR) is 84.8 cm³/mol. The van der Waals surface area contributed by atoms with Gasteiger partial charge in [0.05, 0.1) is 18.5 Å². The lowest BCUT2D eigenvalue weighted by Gasteiger charge is -2.30. The van der Waals surface area contributed by atoms with Crippen molar-refractivity contribution in [2.45, 2.75) is 59.3 Å². The Hall–Kier alpha value is 0.390. The maximum atomic E-state index is 2.45. The number of hydrogen-bond donors (Lipinski definition) is 0. The van der Waals surface area contributed by atoms with Crippen LogP contribution in [-0.2, 0) is 0 Å². The van der Waals surface area contributed by atoms with Crippen LogP contribution >= 0.6 is 7.26 Å². The fourth-order valence-corrected chi connectivity index (χ4v) is 7.88. The quantitative estimate of drug-likeness (QED) is 0.476. The Balaban J connectivity index is 4.51. The van der Waals surface area contributed by atoms with Crippen LogP contribution in [0.5, 0.6) is 0 Å². The summed E-state index contributed by atoms with van der Waals surface area (Å²) in [6.07, 6.45) is 14.5. The van der Waals surface area contributed by atoms with E-state index in [4.69, 9.17) is 0 Å². The molecule has 0 fully saturated rings.